The molecule has 152 valence electrons. The Labute approximate surface area is 170 Å². The molecular weight excluding hydrogens is 368 g/mol. The van der Waals surface area contributed by atoms with E-state index in [4.69, 9.17) is 4.74 Å². The second-order valence-electron chi connectivity index (χ2n) is 7.51. The Morgan fingerprint density at radius 3 is 2.55 bits per heavy atom. The highest BCUT2D eigenvalue weighted by molar-refractivity contribution is 5.74. The number of anilines is 2. The summed E-state index contributed by atoms with van der Waals surface area (Å²) < 4.78 is 5.22. The Bertz CT molecular complexity index is 971. The van der Waals surface area contributed by atoms with Gasteiger partial charge in [-0.15, -0.1) is 0 Å². The normalized spacial score (nSPS) is 11.1. The number of hydrogen-bond acceptors (Lipinski definition) is 7. The lowest BCUT2D eigenvalue weighted by molar-refractivity contribution is 0.0530. The fourth-order valence-corrected chi connectivity index (χ4v) is 2.68. The molecule has 2 aromatic heterocycles. The third-order valence-electron chi connectivity index (χ3n) is 3.95. The molecule has 8 heteroatoms. The molecule has 0 unspecified atom stereocenters. The Balaban J connectivity index is 1.52. The smallest absolute Gasteiger partial charge is 0.407 e. The Morgan fingerprint density at radius 2 is 1.76 bits per heavy atom. The third kappa shape index (κ3) is 6.31. The summed E-state index contributed by atoms with van der Waals surface area (Å²) >= 11 is 0. The molecule has 0 radical (unpaired) electrons. The first-order valence-corrected chi connectivity index (χ1v) is 9.49. The number of amides is 1. The predicted octanol–water partition coefficient (Wildman–Crippen LogP) is 3.57. The van der Waals surface area contributed by atoms with Gasteiger partial charge in [0.2, 0.25) is 0 Å². The van der Waals surface area contributed by atoms with Gasteiger partial charge in [-0.05, 0) is 44.5 Å². The molecule has 29 heavy (non-hydrogen) atoms. The number of alkyl carbamates (subject to hydrolysis) is 1. The molecule has 1 amide bonds. The quantitative estimate of drug-likeness (QED) is 0.527. The van der Waals surface area contributed by atoms with E-state index in [0.717, 1.165) is 28.0 Å². The molecule has 0 fully saturated rings. The van der Waals surface area contributed by atoms with Crippen molar-refractivity contribution in [1.82, 2.24) is 20.3 Å². The van der Waals surface area contributed by atoms with E-state index in [1.807, 2.05) is 45.0 Å². The van der Waals surface area contributed by atoms with Crippen LogP contribution in [-0.2, 0) is 11.3 Å². The summed E-state index contributed by atoms with van der Waals surface area (Å²) in [5.41, 5.74) is 4.12. The number of pyridine rings is 1. The van der Waals surface area contributed by atoms with Crippen molar-refractivity contribution >= 4 is 28.5 Å². The van der Waals surface area contributed by atoms with E-state index in [0.29, 0.717) is 19.6 Å². The second-order valence-corrected chi connectivity index (χ2v) is 7.51. The van der Waals surface area contributed by atoms with Crippen molar-refractivity contribution in [2.24, 2.45) is 0 Å². The fraction of sp³-hybridized carbons (Fsp3) is 0.333. The SMILES string of the molecule is CC(C)(C)OC(=O)NCCNc1ccncc1NCc1ccc2nccnc2c1. The number of ether oxygens (including phenoxy) is 1. The van der Waals surface area contributed by atoms with Crippen LogP contribution in [0.5, 0.6) is 0 Å². The van der Waals surface area contributed by atoms with Crippen molar-refractivity contribution in [3.05, 3.63) is 54.6 Å². The minimum absolute atomic E-state index is 0.424. The van der Waals surface area contributed by atoms with Gasteiger partial charge in [0.25, 0.3) is 0 Å². The largest absolute Gasteiger partial charge is 0.444 e. The number of hydrogen-bond donors (Lipinski definition) is 3. The van der Waals surface area contributed by atoms with Gasteiger partial charge in [0.05, 0.1) is 28.6 Å². The van der Waals surface area contributed by atoms with Gasteiger partial charge in [-0.25, -0.2) is 4.79 Å². The highest BCUT2D eigenvalue weighted by Gasteiger charge is 2.15. The Kier molecular flexibility index (Phi) is 6.43. The summed E-state index contributed by atoms with van der Waals surface area (Å²) in [5.74, 6) is 0. The van der Waals surface area contributed by atoms with Crippen LogP contribution in [0, 0.1) is 0 Å². The van der Waals surface area contributed by atoms with Crippen LogP contribution in [0.15, 0.2) is 49.1 Å². The zero-order valence-electron chi connectivity index (χ0n) is 16.9. The molecule has 0 saturated heterocycles. The minimum Gasteiger partial charge on any atom is -0.444 e. The molecule has 0 saturated carbocycles. The number of fused-ring (bicyclic) bond motifs is 1. The van der Waals surface area contributed by atoms with Crippen LogP contribution in [0.4, 0.5) is 16.2 Å². The topological polar surface area (TPSA) is 101 Å². The number of carbonyl (C=O) groups is 1. The molecule has 3 N–H and O–H groups in total. The zero-order valence-corrected chi connectivity index (χ0v) is 16.9. The first-order valence-electron chi connectivity index (χ1n) is 9.49. The molecule has 0 atom stereocenters. The summed E-state index contributed by atoms with van der Waals surface area (Å²) in [5, 5.41) is 9.42. The van der Waals surface area contributed by atoms with Gasteiger partial charge >= 0.3 is 6.09 Å². The van der Waals surface area contributed by atoms with Crippen LogP contribution in [0.25, 0.3) is 11.0 Å². The third-order valence-corrected chi connectivity index (χ3v) is 3.95. The van der Waals surface area contributed by atoms with Crippen molar-refractivity contribution in [1.29, 1.82) is 0 Å². The van der Waals surface area contributed by atoms with E-state index in [1.165, 1.54) is 0 Å². The van der Waals surface area contributed by atoms with Gasteiger partial charge in [-0.1, -0.05) is 6.07 Å². The highest BCUT2D eigenvalue weighted by atomic mass is 16.6. The van der Waals surface area contributed by atoms with Gasteiger partial charge < -0.3 is 20.7 Å². The van der Waals surface area contributed by atoms with Crippen LogP contribution in [-0.4, -0.2) is 39.7 Å². The molecule has 3 rings (SSSR count). The molecule has 1 aromatic carbocycles. The number of carbonyl (C=O) groups excluding carboxylic acids is 1. The number of nitrogens with zero attached hydrogens (tertiary/aromatic N) is 3. The molecule has 0 aliphatic rings. The Morgan fingerprint density at radius 1 is 0.966 bits per heavy atom. The molecule has 3 aromatic rings. The summed E-state index contributed by atoms with van der Waals surface area (Å²) in [6, 6.07) is 7.90. The lowest BCUT2D eigenvalue weighted by atomic mass is 10.2. The summed E-state index contributed by atoms with van der Waals surface area (Å²) in [7, 11) is 0. The molecule has 0 spiro atoms. The standard InChI is InChI=1S/C21H26N6O2/c1-21(2,3)29-20(28)26-11-10-24-17-6-7-22-14-19(17)27-13-15-4-5-16-18(12-15)25-9-8-23-16/h4-9,12,14,27H,10-11,13H2,1-3H3,(H,22,24)(H,26,28). The molecule has 0 bridgehead atoms. The maximum atomic E-state index is 11.7. The maximum absolute atomic E-state index is 11.7. The monoisotopic (exact) mass is 394 g/mol. The first kappa shape index (κ1) is 20.3. The Hall–Kier alpha value is -3.42. The van der Waals surface area contributed by atoms with E-state index in [2.05, 4.69) is 30.9 Å². The van der Waals surface area contributed by atoms with Crippen LogP contribution >= 0.6 is 0 Å². The highest BCUT2D eigenvalue weighted by Crippen LogP contribution is 2.20. The van der Waals surface area contributed by atoms with Crippen LogP contribution in [0.1, 0.15) is 26.3 Å². The van der Waals surface area contributed by atoms with Crippen molar-refractivity contribution < 1.29 is 9.53 Å². The van der Waals surface area contributed by atoms with Crippen molar-refractivity contribution in [3.63, 3.8) is 0 Å². The summed E-state index contributed by atoms with van der Waals surface area (Å²) in [6.07, 6.45) is 6.44. The van der Waals surface area contributed by atoms with Crippen LogP contribution in [0.2, 0.25) is 0 Å². The first-order chi connectivity index (χ1) is 13.9. The molecule has 0 aliphatic heterocycles. The van der Waals surface area contributed by atoms with E-state index in [1.54, 1.807) is 24.8 Å². The van der Waals surface area contributed by atoms with E-state index < -0.39 is 11.7 Å². The summed E-state index contributed by atoms with van der Waals surface area (Å²) in [6.45, 7) is 7.14. The van der Waals surface area contributed by atoms with Crippen molar-refractivity contribution in [2.75, 3.05) is 23.7 Å². The number of nitrogens with one attached hydrogen (secondary N) is 3. The van der Waals surface area contributed by atoms with Gasteiger partial charge in [0.15, 0.2) is 0 Å². The van der Waals surface area contributed by atoms with Gasteiger partial charge in [0.1, 0.15) is 5.60 Å². The average Bonchev–Trinajstić information content (AvgIpc) is 2.69. The average molecular weight is 394 g/mol. The van der Waals surface area contributed by atoms with Crippen molar-refractivity contribution in [2.45, 2.75) is 32.9 Å². The minimum atomic E-state index is -0.506. The number of aromatic nitrogens is 3. The molecule has 0 aliphatic carbocycles. The van der Waals surface area contributed by atoms with E-state index >= 15 is 0 Å². The van der Waals surface area contributed by atoms with E-state index in [9.17, 15) is 4.79 Å². The second kappa shape index (κ2) is 9.18. The van der Waals surface area contributed by atoms with Gasteiger partial charge in [-0.2, -0.15) is 0 Å². The molecule has 8 nitrogen and oxygen atoms in total. The molecular formula is C21H26N6O2. The van der Waals surface area contributed by atoms with Crippen LogP contribution in [0.3, 0.4) is 0 Å². The number of rotatable bonds is 7. The maximum Gasteiger partial charge on any atom is 0.407 e. The van der Waals surface area contributed by atoms with Crippen molar-refractivity contribution in [3.8, 4) is 0 Å². The summed E-state index contributed by atoms with van der Waals surface area (Å²) in [4.78, 5) is 24.5. The molecule has 2 heterocycles. The fourth-order valence-electron chi connectivity index (χ4n) is 2.68. The van der Waals surface area contributed by atoms with Gasteiger partial charge in [0, 0.05) is 38.2 Å². The number of benzene rings is 1. The lowest BCUT2D eigenvalue weighted by Crippen LogP contribution is -2.35. The lowest BCUT2D eigenvalue weighted by Gasteiger charge is -2.20. The van der Waals surface area contributed by atoms with Gasteiger partial charge in [-0.3, -0.25) is 15.0 Å². The predicted molar refractivity (Wildman–Crippen MR) is 114 cm³/mol. The van der Waals surface area contributed by atoms with Crippen LogP contribution < -0.4 is 16.0 Å². The zero-order chi connectivity index (χ0) is 20.7. The van der Waals surface area contributed by atoms with E-state index in [-0.39, 0.29) is 0 Å².